The number of hydrogen-bond donors (Lipinski definition) is 1. The van der Waals surface area contributed by atoms with Gasteiger partial charge in [0.05, 0.1) is 0 Å². The van der Waals surface area contributed by atoms with Crippen LogP contribution in [0.15, 0.2) is 6.07 Å². The standard InChI is InChI=1S/C16H27NS/c1-4-10-17-16(14-8-6-5-7-9-14)15-11-12(2)13(3)18-15/h11,14,16-17H,4-10H2,1-3H3. The van der Waals surface area contributed by atoms with Gasteiger partial charge in [-0.05, 0) is 57.2 Å². The van der Waals surface area contributed by atoms with Gasteiger partial charge in [0.1, 0.15) is 0 Å². The van der Waals surface area contributed by atoms with Crippen molar-refractivity contribution in [2.75, 3.05) is 6.54 Å². The Morgan fingerprint density at radius 3 is 2.56 bits per heavy atom. The van der Waals surface area contributed by atoms with Crippen LogP contribution in [0.3, 0.4) is 0 Å². The Morgan fingerprint density at radius 1 is 1.28 bits per heavy atom. The van der Waals surface area contributed by atoms with E-state index in [4.69, 9.17) is 0 Å². The molecule has 2 rings (SSSR count). The number of hydrogen-bond acceptors (Lipinski definition) is 2. The molecule has 2 heteroatoms. The predicted molar refractivity (Wildman–Crippen MR) is 81.4 cm³/mol. The van der Waals surface area contributed by atoms with Crippen molar-refractivity contribution in [1.29, 1.82) is 0 Å². The SMILES string of the molecule is CCCNC(c1cc(C)c(C)s1)C1CCCCC1. The summed E-state index contributed by atoms with van der Waals surface area (Å²) in [5.74, 6) is 0.864. The third-order valence-corrected chi connectivity index (χ3v) is 5.46. The van der Waals surface area contributed by atoms with E-state index in [-0.39, 0.29) is 0 Å². The lowest BCUT2D eigenvalue weighted by Crippen LogP contribution is -2.29. The maximum Gasteiger partial charge on any atom is 0.0443 e. The molecule has 0 radical (unpaired) electrons. The maximum atomic E-state index is 3.81. The second-order valence-corrected chi connectivity index (χ2v) is 7.01. The molecule has 1 unspecified atom stereocenters. The summed E-state index contributed by atoms with van der Waals surface area (Å²) in [6.45, 7) is 7.90. The van der Waals surface area contributed by atoms with Crippen LogP contribution in [0.2, 0.25) is 0 Å². The van der Waals surface area contributed by atoms with Gasteiger partial charge in [0.15, 0.2) is 0 Å². The topological polar surface area (TPSA) is 12.0 Å². The van der Waals surface area contributed by atoms with Gasteiger partial charge in [-0.15, -0.1) is 11.3 Å². The molecule has 1 aliphatic carbocycles. The van der Waals surface area contributed by atoms with Crippen molar-refractivity contribution in [1.82, 2.24) is 5.32 Å². The average Bonchev–Trinajstić information content (AvgIpc) is 2.71. The van der Waals surface area contributed by atoms with Crippen LogP contribution < -0.4 is 5.32 Å². The monoisotopic (exact) mass is 265 g/mol. The molecule has 1 aliphatic rings. The van der Waals surface area contributed by atoms with Crippen LogP contribution in [0.25, 0.3) is 0 Å². The smallest absolute Gasteiger partial charge is 0.0443 e. The molecule has 1 fully saturated rings. The lowest BCUT2D eigenvalue weighted by atomic mass is 9.83. The molecule has 1 aromatic heterocycles. The summed E-state index contributed by atoms with van der Waals surface area (Å²) >= 11 is 2.00. The third kappa shape index (κ3) is 3.36. The second kappa shape index (κ2) is 6.72. The van der Waals surface area contributed by atoms with Gasteiger partial charge in [-0.1, -0.05) is 26.2 Å². The van der Waals surface area contributed by atoms with Gasteiger partial charge in [0.25, 0.3) is 0 Å². The van der Waals surface area contributed by atoms with E-state index in [0.29, 0.717) is 6.04 Å². The fourth-order valence-electron chi connectivity index (χ4n) is 3.02. The van der Waals surface area contributed by atoms with E-state index < -0.39 is 0 Å². The second-order valence-electron chi connectivity index (χ2n) is 5.72. The first kappa shape index (κ1) is 14.1. The van der Waals surface area contributed by atoms with Crippen molar-refractivity contribution >= 4 is 11.3 Å². The van der Waals surface area contributed by atoms with E-state index in [9.17, 15) is 0 Å². The van der Waals surface area contributed by atoms with E-state index in [1.165, 1.54) is 49.0 Å². The van der Waals surface area contributed by atoms with Gasteiger partial charge in [0, 0.05) is 15.8 Å². The third-order valence-electron chi connectivity index (χ3n) is 4.23. The summed E-state index contributed by atoms with van der Waals surface area (Å²) in [6, 6.07) is 3.03. The molecule has 0 amide bonds. The van der Waals surface area contributed by atoms with Gasteiger partial charge >= 0.3 is 0 Å². The Hall–Kier alpha value is -0.340. The Labute approximate surface area is 116 Å². The molecule has 0 aromatic carbocycles. The summed E-state index contributed by atoms with van der Waals surface area (Å²) in [5.41, 5.74) is 1.47. The van der Waals surface area contributed by atoms with E-state index in [1.807, 2.05) is 11.3 Å². The van der Waals surface area contributed by atoms with Crippen LogP contribution >= 0.6 is 11.3 Å². The molecular weight excluding hydrogens is 238 g/mol. The summed E-state index contributed by atoms with van der Waals surface area (Å²) in [4.78, 5) is 3.06. The Balaban J connectivity index is 2.12. The number of thiophene rings is 1. The van der Waals surface area contributed by atoms with Crippen LogP contribution in [0.1, 0.15) is 66.8 Å². The Bertz CT molecular complexity index is 344. The van der Waals surface area contributed by atoms with Crippen molar-refractivity contribution in [3.05, 3.63) is 21.4 Å². The van der Waals surface area contributed by atoms with E-state index in [2.05, 4.69) is 32.2 Å². The zero-order chi connectivity index (χ0) is 13.0. The van der Waals surface area contributed by atoms with Gasteiger partial charge < -0.3 is 5.32 Å². The van der Waals surface area contributed by atoms with Crippen LogP contribution in [-0.4, -0.2) is 6.54 Å². The van der Waals surface area contributed by atoms with Crippen LogP contribution in [0, 0.1) is 19.8 Å². The maximum absolute atomic E-state index is 3.81. The van der Waals surface area contributed by atoms with E-state index >= 15 is 0 Å². The van der Waals surface area contributed by atoms with Crippen molar-refractivity contribution in [2.24, 2.45) is 5.92 Å². The summed E-state index contributed by atoms with van der Waals surface area (Å²) in [7, 11) is 0. The van der Waals surface area contributed by atoms with Crippen molar-refractivity contribution < 1.29 is 0 Å². The summed E-state index contributed by atoms with van der Waals surface area (Å²) < 4.78 is 0. The minimum Gasteiger partial charge on any atom is -0.309 e. The lowest BCUT2D eigenvalue weighted by Gasteiger charge is -2.30. The molecule has 1 nitrogen and oxygen atoms in total. The van der Waals surface area contributed by atoms with Gasteiger partial charge in [-0.2, -0.15) is 0 Å². The molecule has 1 saturated carbocycles. The molecule has 0 saturated heterocycles. The van der Waals surface area contributed by atoms with Gasteiger partial charge in [-0.3, -0.25) is 0 Å². The van der Waals surface area contributed by atoms with Crippen LogP contribution in [0.5, 0.6) is 0 Å². The number of aryl methyl sites for hydroxylation is 2. The quantitative estimate of drug-likeness (QED) is 0.791. The molecule has 0 spiro atoms. The van der Waals surface area contributed by atoms with E-state index in [0.717, 1.165) is 12.5 Å². The van der Waals surface area contributed by atoms with Gasteiger partial charge in [0.2, 0.25) is 0 Å². The molecule has 1 aromatic rings. The molecule has 0 bridgehead atoms. The van der Waals surface area contributed by atoms with E-state index in [1.54, 1.807) is 4.88 Å². The highest BCUT2D eigenvalue weighted by Crippen LogP contribution is 2.38. The average molecular weight is 265 g/mol. The molecule has 102 valence electrons. The molecule has 0 aliphatic heterocycles. The van der Waals surface area contributed by atoms with Crippen LogP contribution in [-0.2, 0) is 0 Å². The molecule has 1 heterocycles. The van der Waals surface area contributed by atoms with Crippen molar-refractivity contribution in [2.45, 2.75) is 65.3 Å². The normalized spacial score (nSPS) is 19.1. The highest BCUT2D eigenvalue weighted by molar-refractivity contribution is 7.12. The molecule has 1 atom stereocenters. The minimum atomic E-state index is 0.614. The first-order valence-corrected chi connectivity index (χ1v) is 8.34. The Kier molecular flexibility index (Phi) is 5.25. The number of rotatable bonds is 5. The molecule has 18 heavy (non-hydrogen) atoms. The largest absolute Gasteiger partial charge is 0.309 e. The number of nitrogens with one attached hydrogen (secondary N) is 1. The molecular formula is C16H27NS. The van der Waals surface area contributed by atoms with Gasteiger partial charge in [-0.25, -0.2) is 0 Å². The molecule has 1 N–H and O–H groups in total. The lowest BCUT2D eigenvalue weighted by molar-refractivity contribution is 0.275. The fraction of sp³-hybridized carbons (Fsp3) is 0.750. The van der Waals surface area contributed by atoms with Crippen LogP contribution in [0.4, 0.5) is 0 Å². The highest BCUT2D eigenvalue weighted by Gasteiger charge is 2.25. The fourth-order valence-corrected chi connectivity index (χ4v) is 4.23. The zero-order valence-corrected chi connectivity index (χ0v) is 12.9. The first-order valence-electron chi connectivity index (χ1n) is 7.52. The zero-order valence-electron chi connectivity index (χ0n) is 12.1. The first-order chi connectivity index (χ1) is 8.72. The van der Waals surface area contributed by atoms with Crippen molar-refractivity contribution in [3.8, 4) is 0 Å². The summed E-state index contributed by atoms with van der Waals surface area (Å²) in [6.07, 6.45) is 8.36. The highest BCUT2D eigenvalue weighted by atomic mass is 32.1. The minimum absolute atomic E-state index is 0.614. The summed E-state index contributed by atoms with van der Waals surface area (Å²) in [5, 5.41) is 3.81. The Morgan fingerprint density at radius 2 is 2.00 bits per heavy atom. The predicted octanol–water partition coefficient (Wildman–Crippen LogP) is 4.99. The van der Waals surface area contributed by atoms with Crippen molar-refractivity contribution in [3.63, 3.8) is 0 Å².